The van der Waals surface area contributed by atoms with Crippen molar-refractivity contribution in [3.05, 3.63) is 76.6 Å². The van der Waals surface area contributed by atoms with Crippen LogP contribution in [0.3, 0.4) is 0 Å². The second-order valence-corrected chi connectivity index (χ2v) is 8.30. The van der Waals surface area contributed by atoms with Gasteiger partial charge >= 0.3 is 6.18 Å². The van der Waals surface area contributed by atoms with Gasteiger partial charge in [0.15, 0.2) is 11.6 Å². The van der Waals surface area contributed by atoms with Crippen LogP contribution < -0.4 is 5.32 Å². The molecule has 2 N–H and O–H groups in total. The van der Waals surface area contributed by atoms with E-state index in [4.69, 9.17) is 0 Å². The lowest BCUT2D eigenvalue weighted by Gasteiger charge is -2.46. The predicted molar refractivity (Wildman–Crippen MR) is 111 cm³/mol. The van der Waals surface area contributed by atoms with E-state index in [0.29, 0.717) is 12.8 Å². The molecule has 2 heterocycles. The quantitative estimate of drug-likeness (QED) is 0.497. The van der Waals surface area contributed by atoms with Crippen molar-refractivity contribution in [1.82, 2.24) is 10.0 Å². The third kappa shape index (κ3) is 3.89. The first-order valence-electron chi connectivity index (χ1n) is 10.4. The summed E-state index contributed by atoms with van der Waals surface area (Å²) in [4.78, 5) is 26.3. The number of aliphatic hydroxyl groups is 1. The number of hydrogen-bond acceptors (Lipinski definition) is 4. The molecule has 0 bridgehead atoms. The molecule has 11 heteroatoms. The van der Waals surface area contributed by atoms with Crippen molar-refractivity contribution in [2.45, 2.75) is 38.0 Å². The molecule has 2 aromatic rings. The summed E-state index contributed by atoms with van der Waals surface area (Å²) in [6.45, 7) is 1.41. The number of nitrogens with one attached hydrogen (secondary N) is 1. The molecular weight excluding hydrogens is 461 g/mol. The van der Waals surface area contributed by atoms with Gasteiger partial charge in [-0.05, 0) is 38.0 Å². The third-order valence-electron chi connectivity index (χ3n) is 6.15. The lowest BCUT2D eigenvalue weighted by atomic mass is 9.90. The number of hydrogen-bond donors (Lipinski definition) is 2. The van der Waals surface area contributed by atoms with Gasteiger partial charge in [0.05, 0.1) is 23.3 Å². The van der Waals surface area contributed by atoms with Gasteiger partial charge in [-0.2, -0.15) is 13.2 Å². The number of alkyl halides is 3. The maximum absolute atomic E-state index is 14.3. The molecule has 0 unspecified atom stereocenters. The average molecular weight is 481 g/mol. The molecule has 0 saturated carbocycles. The van der Waals surface area contributed by atoms with E-state index >= 15 is 0 Å². The van der Waals surface area contributed by atoms with Crippen molar-refractivity contribution in [1.29, 1.82) is 0 Å². The minimum absolute atomic E-state index is 0.161. The molecule has 0 aliphatic carbocycles. The van der Waals surface area contributed by atoms with Gasteiger partial charge in [-0.1, -0.05) is 24.3 Å². The van der Waals surface area contributed by atoms with Gasteiger partial charge in [-0.3, -0.25) is 14.6 Å². The molecule has 1 fully saturated rings. The van der Waals surface area contributed by atoms with Crippen molar-refractivity contribution in [3.8, 4) is 0 Å². The van der Waals surface area contributed by atoms with Crippen LogP contribution in [0.4, 0.5) is 27.6 Å². The first-order chi connectivity index (χ1) is 15.9. The Balaban J connectivity index is 1.73. The number of carbonyl (C=O) groups excluding carboxylic acids is 2. The van der Waals surface area contributed by atoms with Crippen LogP contribution in [0, 0.1) is 11.6 Å². The Labute approximate surface area is 191 Å². The van der Waals surface area contributed by atoms with Crippen LogP contribution in [0.2, 0.25) is 0 Å². The maximum Gasteiger partial charge on any atom is 0.418 e. The number of para-hydroxylation sites is 1. The lowest BCUT2D eigenvalue weighted by molar-refractivity contribution is -0.160. The molecule has 0 spiro atoms. The topological polar surface area (TPSA) is 72.9 Å². The first kappa shape index (κ1) is 23.7. The molecule has 1 atom stereocenters. The standard InChI is InChI=1S/C23H20F5N3O3/c1-22-10-5-11-31(22)30(12-13-6-4-8-15(24)18(13)25)21(34)17(19(22)32)20(33)29-16-9-3-2-7-14(16)23(26,27)28/h2-4,6-9,32H,5,10-12H2,1H3,(H,29,33)/t22-/m1/s1. The van der Waals surface area contributed by atoms with Crippen LogP contribution in [0.5, 0.6) is 0 Å². The van der Waals surface area contributed by atoms with Gasteiger partial charge in [0.25, 0.3) is 11.8 Å². The summed E-state index contributed by atoms with van der Waals surface area (Å²) in [5, 5.41) is 15.5. The maximum atomic E-state index is 14.3. The lowest BCUT2D eigenvalue weighted by Crippen LogP contribution is -2.60. The van der Waals surface area contributed by atoms with Crippen LogP contribution in [0.1, 0.15) is 30.9 Å². The van der Waals surface area contributed by atoms with E-state index in [-0.39, 0.29) is 12.1 Å². The van der Waals surface area contributed by atoms with E-state index in [1.165, 1.54) is 23.2 Å². The number of benzene rings is 2. The number of halogens is 5. The number of carbonyl (C=O) groups is 2. The van der Waals surface area contributed by atoms with Gasteiger partial charge in [-0.15, -0.1) is 0 Å². The molecule has 6 nitrogen and oxygen atoms in total. The molecular formula is C23H20F5N3O3. The Morgan fingerprint density at radius 1 is 1.15 bits per heavy atom. The van der Waals surface area contributed by atoms with Gasteiger partial charge in [0.2, 0.25) is 0 Å². The largest absolute Gasteiger partial charge is 0.509 e. The molecule has 2 amide bonds. The zero-order valence-corrected chi connectivity index (χ0v) is 17.9. The third-order valence-corrected chi connectivity index (χ3v) is 6.15. The molecule has 0 aromatic heterocycles. The molecule has 4 rings (SSSR count). The van der Waals surface area contributed by atoms with Crippen LogP contribution in [-0.4, -0.2) is 39.0 Å². The molecule has 0 radical (unpaired) electrons. The Hall–Kier alpha value is -3.47. The summed E-state index contributed by atoms with van der Waals surface area (Å²) in [7, 11) is 0. The van der Waals surface area contributed by atoms with Gasteiger partial charge < -0.3 is 10.4 Å². The number of aliphatic hydroxyl groups excluding tert-OH is 1. The fourth-order valence-corrected chi connectivity index (χ4v) is 4.40. The second-order valence-electron chi connectivity index (χ2n) is 8.30. The highest BCUT2D eigenvalue weighted by atomic mass is 19.4. The number of rotatable bonds is 4. The van der Waals surface area contributed by atoms with E-state index in [0.717, 1.165) is 29.3 Å². The van der Waals surface area contributed by atoms with Crippen molar-refractivity contribution >= 4 is 17.5 Å². The highest BCUT2D eigenvalue weighted by molar-refractivity contribution is 6.23. The van der Waals surface area contributed by atoms with Gasteiger partial charge in [0.1, 0.15) is 11.3 Å². The minimum Gasteiger partial charge on any atom is -0.509 e. The smallest absolute Gasteiger partial charge is 0.418 e. The van der Waals surface area contributed by atoms with Crippen LogP contribution in [0.15, 0.2) is 53.8 Å². The Morgan fingerprint density at radius 3 is 2.56 bits per heavy atom. The molecule has 34 heavy (non-hydrogen) atoms. The summed E-state index contributed by atoms with van der Waals surface area (Å²) in [5.41, 5.74) is -3.86. The molecule has 1 saturated heterocycles. The van der Waals surface area contributed by atoms with Crippen LogP contribution in [0.25, 0.3) is 0 Å². The summed E-state index contributed by atoms with van der Waals surface area (Å²) >= 11 is 0. The zero-order valence-electron chi connectivity index (χ0n) is 17.9. The first-order valence-corrected chi connectivity index (χ1v) is 10.4. The van der Waals surface area contributed by atoms with E-state index < -0.39 is 64.3 Å². The van der Waals surface area contributed by atoms with Gasteiger partial charge in [0, 0.05) is 12.1 Å². The van der Waals surface area contributed by atoms with Crippen molar-refractivity contribution in [2.24, 2.45) is 0 Å². The van der Waals surface area contributed by atoms with Crippen molar-refractivity contribution in [3.63, 3.8) is 0 Å². The number of nitrogens with zero attached hydrogens (tertiary/aromatic N) is 2. The number of fused-ring (bicyclic) bond motifs is 1. The van der Waals surface area contributed by atoms with E-state index in [1.807, 2.05) is 0 Å². The average Bonchev–Trinajstić information content (AvgIpc) is 3.17. The Kier molecular flexibility index (Phi) is 5.84. The summed E-state index contributed by atoms with van der Waals surface area (Å²) in [6.07, 6.45) is -3.93. The predicted octanol–water partition coefficient (Wildman–Crippen LogP) is 4.55. The highest BCUT2D eigenvalue weighted by Crippen LogP contribution is 2.42. The second kappa shape index (κ2) is 8.39. The fourth-order valence-electron chi connectivity index (χ4n) is 4.40. The van der Waals surface area contributed by atoms with E-state index in [2.05, 4.69) is 5.32 Å². The monoisotopic (exact) mass is 481 g/mol. The SMILES string of the molecule is C[C@]12CCCN1N(Cc1cccc(F)c1F)C(=O)C(C(=O)Nc1ccccc1C(F)(F)F)=C2O. The number of amides is 2. The van der Waals surface area contributed by atoms with Crippen molar-refractivity contribution < 1.29 is 36.6 Å². The van der Waals surface area contributed by atoms with Crippen molar-refractivity contribution in [2.75, 3.05) is 11.9 Å². The summed E-state index contributed by atoms with van der Waals surface area (Å²) < 4.78 is 68.1. The van der Waals surface area contributed by atoms with Gasteiger partial charge in [-0.25, -0.2) is 13.8 Å². The number of anilines is 1. The molecule has 2 aliphatic rings. The van der Waals surface area contributed by atoms with E-state index in [9.17, 15) is 36.6 Å². The van der Waals surface area contributed by atoms with Crippen LogP contribution >= 0.6 is 0 Å². The summed E-state index contributed by atoms with van der Waals surface area (Å²) in [5.74, 6) is -5.15. The summed E-state index contributed by atoms with van der Waals surface area (Å²) in [6, 6.07) is 7.67. The molecule has 180 valence electrons. The highest BCUT2D eigenvalue weighted by Gasteiger charge is 2.52. The Bertz CT molecular complexity index is 1200. The van der Waals surface area contributed by atoms with E-state index in [1.54, 1.807) is 6.92 Å². The minimum atomic E-state index is -4.77. The van der Waals surface area contributed by atoms with Crippen LogP contribution in [-0.2, 0) is 22.3 Å². The fraction of sp³-hybridized carbons (Fsp3) is 0.304. The normalized spacial score (nSPS) is 21.1. The zero-order chi connectivity index (χ0) is 24.8. The molecule has 2 aliphatic heterocycles. The Morgan fingerprint density at radius 2 is 1.85 bits per heavy atom. The molecule has 2 aromatic carbocycles. The number of hydrazine groups is 1.